The van der Waals surface area contributed by atoms with Crippen molar-refractivity contribution in [2.45, 2.75) is 45.3 Å². The number of ether oxygens (including phenoxy) is 1. The van der Waals surface area contributed by atoms with Crippen molar-refractivity contribution in [2.75, 3.05) is 19.6 Å². The number of aliphatic hydroxyl groups is 1. The molecular formula is C12H22N2O5. The van der Waals surface area contributed by atoms with E-state index >= 15 is 0 Å². The Morgan fingerprint density at radius 1 is 1.47 bits per heavy atom. The third kappa shape index (κ3) is 5.42. The Morgan fingerprint density at radius 3 is 2.42 bits per heavy atom. The van der Waals surface area contributed by atoms with E-state index in [9.17, 15) is 20.0 Å². The minimum atomic E-state index is -0.934. The number of carbonyl (C=O) groups excluding carboxylic acids is 1. The molecule has 1 amide bonds. The van der Waals surface area contributed by atoms with Crippen LogP contribution in [0.25, 0.3) is 0 Å². The Hall–Kier alpha value is -1.37. The Balaban J connectivity index is 2.40. The quantitative estimate of drug-likeness (QED) is 0.618. The number of hydrogen-bond acceptors (Lipinski definition) is 5. The maximum absolute atomic E-state index is 11.8. The maximum atomic E-state index is 11.8. The number of carbonyl (C=O) groups is 1. The first kappa shape index (κ1) is 15.7. The third-order valence-corrected chi connectivity index (χ3v) is 3.07. The molecule has 0 aromatic heterocycles. The van der Waals surface area contributed by atoms with Gasteiger partial charge in [-0.1, -0.05) is 0 Å². The lowest BCUT2D eigenvalue weighted by Crippen LogP contribution is -2.44. The normalized spacial score (nSPS) is 19.1. The van der Waals surface area contributed by atoms with Crippen LogP contribution in [0.5, 0.6) is 0 Å². The molecule has 1 unspecified atom stereocenters. The molecule has 0 aromatic rings. The van der Waals surface area contributed by atoms with Crippen molar-refractivity contribution >= 4 is 6.09 Å². The average Bonchev–Trinajstić information content (AvgIpc) is 2.26. The molecule has 0 aliphatic carbocycles. The van der Waals surface area contributed by atoms with E-state index in [4.69, 9.17) is 4.74 Å². The smallest absolute Gasteiger partial charge is 0.410 e. The molecule has 7 nitrogen and oxygen atoms in total. The van der Waals surface area contributed by atoms with Gasteiger partial charge in [0.25, 0.3) is 0 Å². The van der Waals surface area contributed by atoms with Crippen molar-refractivity contribution in [3.63, 3.8) is 0 Å². The topological polar surface area (TPSA) is 92.9 Å². The van der Waals surface area contributed by atoms with Crippen molar-refractivity contribution in [1.29, 1.82) is 0 Å². The van der Waals surface area contributed by atoms with Gasteiger partial charge in [-0.05, 0) is 39.5 Å². The molecule has 1 saturated heterocycles. The second kappa shape index (κ2) is 6.18. The summed E-state index contributed by atoms with van der Waals surface area (Å²) in [6.07, 6.45) is -0.173. The number of piperidine rings is 1. The molecular weight excluding hydrogens is 252 g/mol. The molecule has 0 radical (unpaired) electrons. The highest BCUT2D eigenvalue weighted by Crippen LogP contribution is 2.22. The molecule has 1 fully saturated rings. The summed E-state index contributed by atoms with van der Waals surface area (Å²) in [5.41, 5.74) is -0.529. The molecule has 7 heteroatoms. The lowest BCUT2D eigenvalue weighted by molar-refractivity contribution is -0.492. The molecule has 1 N–H and O–H groups in total. The largest absolute Gasteiger partial charge is 0.444 e. The van der Waals surface area contributed by atoms with Crippen molar-refractivity contribution in [3.05, 3.63) is 10.1 Å². The number of aliphatic hydroxyl groups excluding tert-OH is 1. The summed E-state index contributed by atoms with van der Waals surface area (Å²) in [5.74, 6) is -0.121. The van der Waals surface area contributed by atoms with E-state index < -0.39 is 23.2 Å². The Bertz CT molecular complexity index is 332. The molecule has 1 aliphatic rings. The van der Waals surface area contributed by atoms with Gasteiger partial charge in [-0.2, -0.15) is 0 Å². The van der Waals surface area contributed by atoms with Crippen LogP contribution in [0.1, 0.15) is 33.6 Å². The fourth-order valence-electron chi connectivity index (χ4n) is 2.10. The first-order valence-corrected chi connectivity index (χ1v) is 6.47. The minimum absolute atomic E-state index is 0.121. The summed E-state index contributed by atoms with van der Waals surface area (Å²) in [4.78, 5) is 23.2. The third-order valence-electron chi connectivity index (χ3n) is 3.07. The van der Waals surface area contributed by atoms with Gasteiger partial charge in [0.15, 0.2) is 0 Å². The zero-order chi connectivity index (χ0) is 14.6. The van der Waals surface area contributed by atoms with Crippen LogP contribution in [0.3, 0.4) is 0 Å². The number of nitro groups is 1. The van der Waals surface area contributed by atoms with Crippen LogP contribution in [-0.4, -0.2) is 52.4 Å². The van der Waals surface area contributed by atoms with Crippen LogP contribution >= 0.6 is 0 Å². The summed E-state index contributed by atoms with van der Waals surface area (Å²) in [5, 5.41) is 20.0. The number of hydrogen-bond donors (Lipinski definition) is 1. The number of likely N-dealkylation sites (tertiary alicyclic amines) is 1. The molecule has 19 heavy (non-hydrogen) atoms. The fourth-order valence-corrected chi connectivity index (χ4v) is 2.10. The van der Waals surface area contributed by atoms with Crippen LogP contribution in [0.2, 0.25) is 0 Å². The van der Waals surface area contributed by atoms with Crippen LogP contribution in [0.15, 0.2) is 0 Å². The van der Waals surface area contributed by atoms with Gasteiger partial charge in [-0.15, -0.1) is 0 Å². The summed E-state index contributed by atoms with van der Waals surface area (Å²) in [6, 6.07) is 0. The predicted molar refractivity (Wildman–Crippen MR) is 68.4 cm³/mol. The van der Waals surface area contributed by atoms with Gasteiger partial charge in [0.2, 0.25) is 6.54 Å². The first-order chi connectivity index (χ1) is 8.69. The fraction of sp³-hybridized carbons (Fsp3) is 0.917. The molecule has 1 aliphatic heterocycles. The van der Waals surface area contributed by atoms with E-state index in [1.165, 1.54) is 0 Å². The van der Waals surface area contributed by atoms with Crippen molar-refractivity contribution < 1.29 is 19.6 Å². The van der Waals surface area contributed by atoms with Gasteiger partial charge in [0, 0.05) is 18.0 Å². The Labute approximate surface area is 112 Å². The number of amides is 1. The Morgan fingerprint density at radius 2 is 2.00 bits per heavy atom. The molecule has 0 bridgehead atoms. The molecule has 1 rings (SSSR count). The zero-order valence-electron chi connectivity index (χ0n) is 11.7. The van der Waals surface area contributed by atoms with Crippen LogP contribution < -0.4 is 0 Å². The van der Waals surface area contributed by atoms with Gasteiger partial charge in [0.1, 0.15) is 11.7 Å². The van der Waals surface area contributed by atoms with E-state index in [1.54, 1.807) is 25.7 Å². The van der Waals surface area contributed by atoms with E-state index in [-0.39, 0.29) is 12.0 Å². The van der Waals surface area contributed by atoms with E-state index in [2.05, 4.69) is 0 Å². The molecule has 110 valence electrons. The second-order valence-corrected chi connectivity index (χ2v) is 5.89. The Kier molecular flexibility index (Phi) is 5.11. The second-order valence-electron chi connectivity index (χ2n) is 5.89. The highest BCUT2D eigenvalue weighted by molar-refractivity contribution is 5.68. The average molecular weight is 274 g/mol. The van der Waals surface area contributed by atoms with Gasteiger partial charge in [-0.3, -0.25) is 10.1 Å². The summed E-state index contributed by atoms with van der Waals surface area (Å²) in [6.45, 7) is 5.91. The van der Waals surface area contributed by atoms with E-state index in [1.807, 2.05) is 0 Å². The van der Waals surface area contributed by atoms with Gasteiger partial charge >= 0.3 is 6.09 Å². The maximum Gasteiger partial charge on any atom is 0.410 e. The predicted octanol–water partition coefficient (Wildman–Crippen LogP) is 1.27. The highest BCUT2D eigenvalue weighted by atomic mass is 16.6. The summed E-state index contributed by atoms with van der Waals surface area (Å²) < 4.78 is 5.25. The van der Waals surface area contributed by atoms with Gasteiger partial charge in [-0.25, -0.2) is 4.79 Å². The van der Waals surface area contributed by atoms with E-state index in [0.29, 0.717) is 25.9 Å². The summed E-state index contributed by atoms with van der Waals surface area (Å²) >= 11 is 0. The van der Waals surface area contributed by atoms with Crippen molar-refractivity contribution in [2.24, 2.45) is 5.92 Å². The zero-order valence-corrected chi connectivity index (χ0v) is 11.7. The van der Waals surface area contributed by atoms with Crippen LogP contribution in [-0.2, 0) is 4.74 Å². The molecule has 1 atom stereocenters. The van der Waals surface area contributed by atoms with Gasteiger partial charge < -0.3 is 14.7 Å². The molecule has 0 aromatic carbocycles. The minimum Gasteiger partial charge on any atom is -0.444 e. The van der Waals surface area contributed by atoms with E-state index in [0.717, 1.165) is 0 Å². The number of nitrogens with zero attached hydrogens (tertiary/aromatic N) is 2. The monoisotopic (exact) mass is 274 g/mol. The SMILES string of the molecule is CC(C)(C)OC(=O)N1CCC(C(O)C[N+](=O)[O-])CC1. The molecule has 1 heterocycles. The number of rotatable bonds is 3. The first-order valence-electron chi connectivity index (χ1n) is 6.47. The highest BCUT2D eigenvalue weighted by Gasteiger charge is 2.31. The lowest BCUT2D eigenvalue weighted by Gasteiger charge is -2.34. The molecule has 0 saturated carbocycles. The summed E-state index contributed by atoms with van der Waals surface area (Å²) in [7, 11) is 0. The van der Waals surface area contributed by atoms with Crippen LogP contribution in [0, 0.1) is 16.0 Å². The van der Waals surface area contributed by atoms with Crippen molar-refractivity contribution in [3.8, 4) is 0 Å². The van der Waals surface area contributed by atoms with Crippen LogP contribution in [0.4, 0.5) is 4.79 Å². The van der Waals surface area contributed by atoms with Gasteiger partial charge in [0.05, 0.1) is 0 Å². The van der Waals surface area contributed by atoms with Crippen molar-refractivity contribution in [1.82, 2.24) is 4.90 Å². The lowest BCUT2D eigenvalue weighted by atomic mass is 9.91. The molecule has 0 spiro atoms. The standard InChI is InChI=1S/C12H22N2O5/c1-12(2,3)19-11(16)13-6-4-9(5-7-13)10(15)8-14(17)18/h9-10,15H,4-8H2,1-3H3.